The molecule has 0 fully saturated rings. The second-order valence-electron chi connectivity index (χ2n) is 0.588. The standard InChI is InChI=1S/C2HCl3.C2Cl2/c3-1-2(4)5;3-1-2-4/h1H;. The molecule has 0 aromatic carbocycles. The summed E-state index contributed by atoms with van der Waals surface area (Å²) in [6, 6.07) is 0. The molecule has 0 aromatic heterocycles. The molecule has 0 spiro atoms. The summed E-state index contributed by atoms with van der Waals surface area (Å²) in [6.07, 6.45) is 0. The van der Waals surface area contributed by atoms with Gasteiger partial charge >= 0.3 is 0 Å². The fourth-order valence-corrected chi connectivity index (χ4v) is 0. The highest BCUT2D eigenvalue weighted by Crippen LogP contribution is 2.05. The Kier molecular flexibility index (Phi) is 15.9. The molecule has 0 unspecified atom stereocenters. The van der Waals surface area contributed by atoms with Crippen molar-refractivity contribution in [2.45, 2.75) is 0 Å². The molecule has 0 aliphatic rings. The maximum Gasteiger partial charge on any atom is 0.118 e. The maximum atomic E-state index is 4.96. The molecule has 0 bridgehead atoms. The molecular weight excluding hydrogens is 225 g/mol. The molecular formula is C4HCl5. The first-order valence-corrected chi connectivity index (χ1v) is 3.46. The Labute approximate surface area is 78.7 Å². The fraction of sp³-hybridized carbons (Fsp3) is 0. The van der Waals surface area contributed by atoms with Gasteiger partial charge in [-0.1, -0.05) is 34.8 Å². The van der Waals surface area contributed by atoms with E-state index in [1.54, 1.807) is 0 Å². The molecule has 5 heteroatoms. The topological polar surface area (TPSA) is 0 Å². The van der Waals surface area contributed by atoms with Crippen LogP contribution in [0.4, 0.5) is 0 Å². The summed E-state index contributed by atoms with van der Waals surface area (Å²) < 4.78 is 0.0895. The van der Waals surface area contributed by atoms with Crippen LogP contribution >= 0.6 is 58.0 Å². The summed E-state index contributed by atoms with van der Waals surface area (Å²) in [6.45, 7) is 0. The van der Waals surface area contributed by atoms with Crippen LogP contribution in [0, 0.1) is 10.8 Å². The van der Waals surface area contributed by atoms with E-state index in [1.807, 2.05) is 10.8 Å². The van der Waals surface area contributed by atoms with Crippen LogP contribution in [0.1, 0.15) is 0 Å². The van der Waals surface area contributed by atoms with E-state index < -0.39 is 0 Å². The lowest BCUT2D eigenvalue weighted by atomic mass is 11.2. The number of halogens is 5. The molecule has 0 saturated heterocycles. The van der Waals surface area contributed by atoms with Gasteiger partial charge in [-0.25, -0.2) is 0 Å². The van der Waals surface area contributed by atoms with Crippen molar-refractivity contribution < 1.29 is 0 Å². The molecule has 0 aromatic rings. The van der Waals surface area contributed by atoms with Gasteiger partial charge in [-0.2, -0.15) is 0 Å². The molecule has 0 rings (SSSR count). The summed E-state index contributed by atoms with van der Waals surface area (Å²) >= 11 is 24.2. The predicted octanol–water partition coefficient (Wildman–Crippen LogP) is 3.88. The molecule has 0 nitrogen and oxygen atoms in total. The highest BCUT2D eigenvalue weighted by molar-refractivity contribution is 6.58. The Morgan fingerprint density at radius 1 is 1.11 bits per heavy atom. The molecule has 52 valence electrons. The second kappa shape index (κ2) is 11.5. The Morgan fingerprint density at radius 2 is 1.33 bits per heavy atom. The summed E-state index contributed by atoms with van der Waals surface area (Å²) in [4.78, 5) is 0. The third-order valence-electron chi connectivity index (χ3n) is 0.118. The molecule has 0 saturated carbocycles. The minimum atomic E-state index is 0.0895. The zero-order valence-electron chi connectivity index (χ0n) is 3.97. The van der Waals surface area contributed by atoms with Gasteiger partial charge in [0.15, 0.2) is 0 Å². The van der Waals surface area contributed by atoms with Gasteiger partial charge in [-0.05, 0) is 23.2 Å². The van der Waals surface area contributed by atoms with E-state index in [0.29, 0.717) is 0 Å². The molecule has 0 aliphatic heterocycles. The van der Waals surface area contributed by atoms with Crippen molar-refractivity contribution in [3.63, 3.8) is 0 Å². The fourth-order valence-electron chi connectivity index (χ4n) is 0. The van der Waals surface area contributed by atoms with Crippen LogP contribution in [0.15, 0.2) is 10.0 Å². The Hall–Kier alpha value is 0.750. The lowest BCUT2D eigenvalue weighted by Crippen LogP contribution is -1.33. The quantitative estimate of drug-likeness (QED) is 0.550. The van der Waals surface area contributed by atoms with Gasteiger partial charge in [0.05, 0.1) is 0 Å². The van der Waals surface area contributed by atoms with E-state index in [4.69, 9.17) is 58.0 Å². The summed E-state index contributed by atoms with van der Waals surface area (Å²) in [7, 11) is 0. The van der Waals surface area contributed by atoms with Crippen LogP contribution in [0.2, 0.25) is 0 Å². The molecule has 9 heavy (non-hydrogen) atoms. The largest absolute Gasteiger partial charge is 0.118 e. The minimum Gasteiger partial charge on any atom is -0.0904 e. The average molecular weight is 226 g/mol. The van der Waals surface area contributed by atoms with Crippen molar-refractivity contribution in [1.29, 1.82) is 0 Å². The Morgan fingerprint density at radius 3 is 1.33 bits per heavy atom. The van der Waals surface area contributed by atoms with Crippen molar-refractivity contribution in [2.24, 2.45) is 0 Å². The zero-order valence-corrected chi connectivity index (χ0v) is 7.75. The van der Waals surface area contributed by atoms with E-state index >= 15 is 0 Å². The third kappa shape index (κ3) is 28.4. The van der Waals surface area contributed by atoms with Gasteiger partial charge in [0.1, 0.15) is 4.49 Å². The van der Waals surface area contributed by atoms with Gasteiger partial charge in [-0.15, -0.1) is 0 Å². The monoisotopic (exact) mass is 224 g/mol. The van der Waals surface area contributed by atoms with Gasteiger partial charge < -0.3 is 0 Å². The van der Waals surface area contributed by atoms with Crippen LogP contribution in [0.25, 0.3) is 0 Å². The van der Waals surface area contributed by atoms with Crippen LogP contribution in [0.5, 0.6) is 0 Å². The first kappa shape index (κ1) is 12.4. The van der Waals surface area contributed by atoms with E-state index in [1.165, 1.54) is 0 Å². The number of rotatable bonds is 0. The molecule has 0 heterocycles. The first-order chi connectivity index (χ1) is 4.18. The van der Waals surface area contributed by atoms with E-state index in [-0.39, 0.29) is 4.49 Å². The molecule has 0 N–H and O–H groups in total. The minimum absolute atomic E-state index is 0.0895. The maximum absolute atomic E-state index is 4.96. The average Bonchev–Trinajstić information content (AvgIpc) is 1.89. The van der Waals surface area contributed by atoms with Crippen molar-refractivity contribution >= 4 is 58.0 Å². The highest BCUT2D eigenvalue weighted by atomic mass is 35.5. The van der Waals surface area contributed by atoms with Crippen molar-refractivity contribution in [3.8, 4) is 10.8 Å². The highest BCUT2D eigenvalue weighted by Gasteiger charge is 1.70. The van der Waals surface area contributed by atoms with E-state index in [9.17, 15) is 0 Å². The summed E-state index contributed by atoms with van der Waals surface area (Å²) in [5.74, 6) is 0. The predicted molar refractivity (Wildman–Crippen MR) is 45.1 cm³/mol. The van der Waals surface area contributed by atoms with Gasteiger partial charge in [-0.3, -0.25) is 0 Å². The molecule has 0 atom stereocenters. The van der Waals surface area contributed by atoms with Crippen molar-refractivity contribution in [3.05, 3.63) is 10.0 Å². The van der Waals surface area contributed by atoms with Crippen molar-refractivity contribution in [2.75, 3.05) is 0 Å². The van der Waals surface area contributed by atoms with E-state index in [2.05, 4.69) is 0 Å². The lowest BCUT2D eigenvalue weighted by molar-refractivity contribution is 2.36. The SMILES string of the molecule is ClC#CCl.ClC=C(Cl)Cl. The Balaban J connectivity index is 0. The summed E-state index contributed by atoms with van der Waals surface area (Å²) in [5.41, 5.74) is 1.09. The van der Waals surface area contributed by atoms with Crippen LogP contribution in [0.3, 0.4) is 0 Å². The second-order valence-corrected chi connectivity index (χ2v) is 2.19. The number of hydrogen-bond acceptors (Lipinski definition) is 0. The van der Waals surface area contributed by atoms with Gasteiger partial charge in [0, 0.05) is 16.3 Å². The smallest absolute Gasteiger partial charge is 0.0904 e. The van der Waals surface area contributed by atoms with Gasteiger partial charge in [0.25, 0.3) is 0 Å². The third-order valence-corrected chi connectivity index (χ3v) is 1.06. The van der Waals surface area contributed by atoms with E-state index in [0.717, 1.165) is 5.54 Å². The lowest BCUT2D eigenvalue weighted by Gasteiger charge is -1.64. The molecule has 0 aliphatic carbocycles. The van der Waals surface area contributed by atoms with Gasteiger partial charge in [0.2, 0.25) is 0 Å². The molecule has 0 amide bonds. The van der Waals surface area contributed by atoms with Crippen molar-refractivity contribution in [1.82, 2.24) is 0 Å². The summed E-state index contributed by atoms with van der Waals surface area (Å²) in [5, 5.41) is 3.84. The van der Waals surface area contributed by atoms with Crippen LogP contribution in [-0.4, -0.2) is 0 Å². The Bertz CT molecular complexity index is 118. The normalized spacial score (nSPS) is 5.44. The zero-order chi connectivity index (χ0) is 7.70. The molecule has 0 radical (unpaired) electrons. The number of hydrogen-bond donors (Lipinski definition) is 0. The van der Waals surface area contributed by atoms with Crippen LogP contribution in [-0.2, 0) is 0 Å². The van der Waals surface area contributed by atoms with Crippen LogP contribution < -0.4 is 0 Å². The first-order valence-electron chi connectivity index (χ1n) is 1.51.